The molecule has 6 nitrogen and oxygen atoms in total. The first-order valence-electron chi connectivity index (χ1n) is 5.71. The topological polar surface area (TPSA) is 83.7 Å². The zero-order valence-corrected chi connectivity index (χ0v) is 9.43. The maximum atomic E-state index is 5.75. The molecule has 0 aromatic carbocycles. The third-order valence-corrected chi connectivity index (χ3v) is 2.95. The minimum absolute atomic E-state index is 0.311. The Bertz CT molecular complexity index is 501. The molecule has 1 fully saturated rings. The lowest BCUT2D eigenvalue weighted by Crippen LogP contribution is -2.19. The second-order valence-corrected chi connectivity index (χ2v) is 4.15. The number of aromatic amines is 1. The van der Waals surface area contributed by atoms with Crippen LogP contribution < -0.4 is 10.6 Å². The van der Waals surface area contributed by atoms with Gasteiger partial charge in [-0.25, -0.2) is 4.98 Å². The molecule has 88 valence electrons. The van der Waals surface area contributed by atoms with Crippen LogP contribution in [0.3, 0.4) is 0 Å². The summed E-state index contributed by atoms with van der Waals surface area (Å²) in [4.78, 5) is 10.8. The average molecular weight is 230 g/mol. The number of rotatable bonds is 2. The summed E-state index contributed by atoms with van der Waals surface area (Å²) in [6.07, 6.45) is 5.96. The van der Waals surface area contributed by atoms with Gasteiger partial charge in [0.15, 0.2) is 0 Å². The van der Waals surface area contributed by atoms with Crippen LogP contribution in [0, 0.1) is 0 Å². The lowest BCUT2D eigenvalue weighted by atomic mass is 10.2. The van der Waals surface area contributed by atoms with Gasteiger partial charge in [-0.1, -0.05) is 0 Å². The molecule has 0 aliphatic carbocycles. The van der Waals surface area contributed by atoms with E-state index in [0.717, 1.165) is 30.2 Å². The quantitative estimate of drug-likeness (QED) is 0.805. The Hall–Kier alpha value is -2.11. The molecule has 6 heteroatoms. The van der Waals surface area contributed by atoms with Crippen LogP contribution in [0.2, 0.25) is 0 Å². The minimum Gasteiger partial charge on any atom is -0.368 e. The Morgan fingerprint density at radius 3 is 2.76 bits per heavy atom. The molecule has 0 saturated carbocycles. The van der Waals surface area contributed by atoms with Crippen LogP contribution in [0.1, 0.15) is 12.8 Å². The van der Waals surface area contributed by atoms with E-state index in [4.69, 9.17) is 5.73 Å². The van der Waals surface area contributed by atoms with Gasteiger partial charge in [0, 0.05) is 30.9 Å². The SMILES string of the molecule is Nc1nc(-c2cn[nH]c2)cc(N2CCCC2)n1. The van der Waals surface area contributed by atoms with Gasteiger partial charge >= 0.3 is 0 Å². The summed E-state index contributed by atoms with van der Waals surface area (Å²) in [5.41, 5.74) is 7.50. The maximum Gasteiger partial charge on any atom is 0.222 e. The Kier molecular flexibility index (Phi) is 2.40. The first kappa shape index (κ1) is 10.1. The lowest BCUT2D eigenvalue weighted by Gasteiger charge is -2.16. The molecule has 1 aliphatic rings. The van der Waals surface area contributed by atoms with E-state index in [1.165, 1.54) is 12.8 Å². The fourth-order valence-corrected chi connectivity index (χ4v) is 2.10. The Labute approximate surface area is 98.9 Å². The number of nitrogens with zero attached hydrogens (tertiary/aromatic N) is 4. The zero-order chi connectivity index (χ0) is 11.7. The molecule has 0 radical (unpaired) electrons. The van der Waals surface area contributed by atoms with Crippen molar-refractivity contribution in [2.24, 2.45) is 0 Å². The van der Waals surface area contributed by atoms with Gasteiger partial charge in [0.25, 0.3) is 0 Å². The van der Waals surface area contributed by atoms with E-state index in [9.17, 15) is 0 Å². The summed E-state index contributed by atoms with van der Waals surface area (Å²) in [7, 11) is 0. The van der Waals surface area contributed by atoms with Crippen LogP contribution >= 0.6 is 0 Å². The van der Waals surface area contributed by atoms with Crippen molar-refractivity contribution in [3.63, 3.8) is 0 Å². The van der Waals surface area contributed by atoms with Crippen molar-refractivity contribution in [2.45, 2.75) is 12.8 Å². The van der Waals surface area contributed by atoms with Gasteiger partial charge in [0.1, 0.15) is 5.82 Å². The van der Waals surface area contributed by atoms with Gasteiger partial charge in [-0.05, 0) is 12.8 Å². The number of nitrogens with one attached hydrogen (secondary N) is 1. The summed E-state index contributed by atoms with van der Waals surface area (Å²) >= 11 is 0. The van der Waals surface area contributed by atoms with E-state index in [0.29, 0.717) is 5.95 Å². The molecule has 1 aliphatic heterocycles. The highest BCUT2D eigenvalue weighted by molar-refractivity contribution is 5.63. The molecular formula is C11H14N6. The van der Waals surface area contributed by atoms with Gasteiger partial charge in [-0.15, -0.1) is 0 Å². The summed E-state index contributed by atoms with van der Waals surface area (Å²) in [6, 6.07) is 1.96. The zero-order valence-electron chi connectivity index (χ0n) is 9.43. The van der Waals surface area contributed by atoms with E-state index < -0.39 is 0 Å². The van der Waals surface area contributed by atoms with Crippen LogP contribution in [-0.2, 0) is 0 Å². The van der Waals surface area contributed by atoms with E-state index >= 15 is 0 Å². The molecule has 17 heavy (non-hydrogen) atoms. The standard InChI is InChI=1S/C11H14N6/c12-11-15-9(8-6-13-14-7-8)5-10(16-11)17-3-1-2-4-17/h5-7H,1-4H2,(H,13,14)(H2,12,15,16). The van der Waals surface area contributed by atoms with Crippen molar-refractivity contribution >= 4 is 11.8 Å². The molecular weight excluding hydrogens is 216 g/mol. The highest BCUT2D eigenvalue weighted by Crippen LogP contribution is 2.24. The van der Waals surface area contributed by atoms with Crippen molar-refractivity contribution in [3.05, 3.63) is 18.5 Å². The summed E-state index contributed by atoms with van der Waals surface area (Å²) in [5, 5.41) is 6.69. The number of nitrogen functional groups attached to an aromatic ring is 1. The number of hydrogen-bond acceptors (Lipinski definition) is 5. The van der Waals surface area contributed by atoms with Crippen molar-refractivity contribution in [3.8, 4) is 11.3 Å². The highest BCUT2D eigenvalue weighted by Gasteiger charge is 2.15. The Morgan fingerprint density at radius 2 is 2.06 bits per heavy atom. The molecule has 0 atom stereocenters. The molecule has 0 unspecified atom stereocenters. The number of H-pyrrole nitrogens is 1. The largest absolute Gasteiger partial charge is 0.368 e. The highest BCUT2D eigenvalue weighted by atomic mass is 15.2. The summed E-state index contributed by atoms with van der Waals surface area (Å²) in [6.45, 7) is 2.09. The molecule has 1 saturated heterocycles. The second kappa shape index (κ2) is 4.04. The normalized spacial score (nSPS) is 15.4. The summed E-state index contributed by atoms with van der Waals surface area (Å²) in [5.74, 6) is 1.22. The first-order chi connectivity index (χ1) is 8.33. The average Bonchev–Trinajstić information content (AvgIpc) is 3.02. The second-order valence-electron chi connectivity index (χ2n) is 4.15. The lowest BCUT2D eigenvalue weighted by molar-refractivity contribution is 0.932. The third kappa shape index (κ3) is 1.93. The molecule has 3 heterocycles. The molecule has 3 rings (SSSR count). The van der Waals surface area contributed by atoms with Gasteiger partial charge in [0.05, 0.1) is 11.9 Å². The van der Waals surface area contributed by atoms with Gasteiger partial charge in [0.2, 0.25) is 5.95 Å². The van der Waals surface area contributed by atoms with Crippen LogP contribution in [0.4, 0.5) is 11.8 Å². The van der Waals surface area contributed by atoms with E-state index in [2.05, 4.69) is 25.1 Å². The van der Waals surface area contributed by atoms with Gasteiger partial charge < -0.3 is 10.6 Å². The van der Waals surface area contributed by atoms with E-state index in [-0.39, 0.29) is 0 Å². The summed E-state index contributed by atoms with van der Waals surface area (Å²) < 4.78 is 0. The monoisotopic (exact) mass is 230 g/mol. The van der Waals surface area contributed by atoms with Crippen LogP contribution in [0.5, 0.6) is 0 Å². The molecule has 2 aromatic rings. The minimum atomic E-state index is 0.311. The van der Waals surface area contributed by atoms with Crippen LogP contribution in [0.15, 0.2) is 18.5 Å². The van der Waals surface area contributed by atoms with Crippen LogP contribution in [0.25, 0.3) is 11.3 Å². The molecule has 0 amide bonds. The van der Waals surface area contributed by atoms with Crippen molar-refractivity contribution in [1.82, 2.24) is 20.2 Å². The fraction of sp³-hybridized carbons (Fsp3) is 0.364. The maximum absolute atomic E-state index is 5.75. The number of anilines is 2. The van der Waals surface area contributed by atoms with Crippen LogP contribution in [-0.4, -0.2) is 33.3 Å². The predicted molar refractivity (Wildman–Crippen MR) is 65.5 cm³/mol. The Balaban J connectivity index is 2.00. The number of nitrogens with two attached hydrogens (primary N) is 1. The van der Waals surface area contributed by atoms with Crippen molar-refractivity contribution in [2.75, 3.05) is 23.7 Å². The van der Waals surface area contributed by atoms with Gasteiger partial charge in [-0.2, -0.15) is 10.1 Å². The molecule has 2 aromatic heterocycles. The number of aromatic nitrogens is 4. The number of hydrogen-bond donors (Lipinski definition) is 2. The van der Waals surface area contributed by atoms with E-state index in [1.54, 1.807) is 12.4 Å². The Morgan fingerprint density at radius 1 is 1.24 bits per heavy atom. The van der Waals surface area contributed by atoms with Crippen molar-refractivity contribution < 1.29 is 0 Å². The predicted octanol–water partition coefficient (Wildman–Crippen LogP) is 1.05. The molecule has 3 N–H and O–H groups in total. The van der Waals surface area contributed by atoms with E-state index in [1.807, 2.05) is 6.07 Å². The van der Waals surface area contributed by atoms with Crippen molar-refractivity contribution in [1.29, 1.82) is 0 Å². The van der Waals surface area contributed by atoms with Gasteiger partial charge in [-0.3, -0.25) is 5.10 Å². The molecule has 0 spiro atoms. The molecule has 0 bridgehead atoms. The fourth-order valence-electron chi connectivity index (χ4n) is 2.10. The first-order valence-corrected chi connectivity index (χ1v) is 5.71. The smallest absolute Gasteiger partial charge is 0.222 e. The third-order valence-electron chi connectivity index (χ3n) is 2.95.